The summed E-state index contributed by atoms with van der Waals surface area (Å²) in [6, 6.07) is 14.9. The monoisotopic (exact) mass is 367 g/mol. The highest BCUT2D eigenvalue weighted by molar-refractivity contribution is 9.10. The van der Waals surface area contributed by atoms with Gasteiger partial charge in [0.05, 0.1) is 0 Å². The predicted molar refractivity (Wildman–Crippen MR) is 86.0 cm³/mol. The maximum Gasteiger partial charge on any atom is 0.0460 e. The van der Waals surface area contributed by atoms with E-state index in [4.69, 9.17) is 0 Å². The van der Waals surface area contributed by atoms with Crippen molar-refractivity contribution in [3.63, 3.8) is 0 Å². The lowest BCUT2D eigenvalue weighted by Gasteiger charge is -2.23. The predicted octanol–water partition coefficient (Wildman–Crippen LogP) is 5.42. The molecule has 0 saturated heterocycles. The van der Waals surface area contributed by atoms with E-state index in [1.54, 1.807) is 0 Å². The molecule has 0 N–H and O–H groups in total. The summed E-state index contributed by atoms with van der Waals surface area (Å²) in [5.41, 5.74) is 4.97. The molecule has 18 heavy (non-hydrogen) atoms. The number of nitrogens with zero attached hydrogens (tertiary/aromatic N) is 1. The maximum atomic E-state index is 3.55. The SMILES string of the molecule is Cc1cccc(N(C)c2cc(Br)ccc2CBr)c1. The summed E-state index contributed by atoms with van der Waals surface area (Å²) in [4.78, 5) is 2.22. The third-order valence-electron chi connectivity index (χ3n) is 2.94. The Morgan fingerprint density at radius 3 is 2.56 bits per heavy atom. The van der Waals surface area contributed by atoms with Crippen molar-refractivity contribution in [3.05, 3.63) is 58.1 Å². The van der Waals surface area contributed by atoms with Crippen LogP contribution < -0.4 is 4.90 Å². The standard InChI is InChI=1S/C15H15Br2N/c1-11-4-3-5-14(8-11)18(2)15-9-13(17)7-6-12(15)10-16/h3-9H,10H2,1-2H3. The summed E-state index contributed by atoms with van der Waals surface area (Å²) in [5, 5.41) is 0.853. The van der Waals surface area contributed by atoms with Crippen molar-refractivity contribution < 1.29 is 0 Å². The van der Waals surface area contributed by atoms with E-state index in [0.29, 0.717) is 0 Å². The zero-order valence-electron chi connectivity index (χ0n) is 10.5. The highest BCUT2D eigenvalue weighted by atomic mass is 79.9. The Bertz CT molecular complexity index is 552. The number of alkyl halides is 1. The molecule has 0 aliphatic carbocycles. The number of benzene rings is 2. The molecule has 0 fully saturated rings. The lowest BCUT2D eigenvalue weighted by molar-refractivity contribution is 1.17. The van der Waals surface area contributed by atoms with Gasteiger partial charge in [0.15, 0.2) is 0 Å². The second-order valence-electron chi connectivity index (χ2n) is 4.30. The zero-order chi connectivity index (χ0) is 13.1. The molecular formula is C15H15Br2N. The van der Waals surface area contributed by atoms with E-state index in [9.17, 15) is 0 Å². The van der Waals surface area contributed by atoms with Crippen LogP contribution in [-0.4, -0.2) is 7.05 Å². The topological polar surface area (TPSA) is 3.24 Å². The normalized spacial score (nSPS) is 10.4. The van der Waals surface area contributed by atoms with Crippen LogP contribution in [-0.2, 0) is 5.33 Å². The van der Waals surface area contributed by atoms with Gasteiger partial charge < -0.3 is 4.90 Å². The van der Waals surface area contributed by atoms with Crippen molar-refractivity contribution >= 4 is 43.2 Å². The van der Waals surface area contributed by atoms with Crippen molar-refractivity contribution in [2.75, 3.05) is 11.9 Å². The Morgan fingerprint density at radius 1 is 1.11 bits per heavy atom. The van der Waals surface area contributed by atoms with Crippen LogP contribution in [0.4, 0.5) is 11.4 Å². The second-order valence-corrected chi connectivity index (χ2v) is 5.78. The van der Waals surface area contributed by atoms with Crippen LogP contribution in [0.25, 0.3) is 0 Å². The van der Waals surface area contributed by atoms with E-state index >= 15 is 0 Å². The molecule has 0 saturated carbocycles. The van der Waals surface area contributed by atoms with Crippen molar-refractivity contribution in [1.29, 1.82) is 0 Å². The van der Waals surface area contributed by atoms with E-state index in [2.05, 4.69) is 93.2 Å². The average Bonchev–Trinajstić information content (AvgIpc) is 2.38. The van der Waals surface area contributed by atoms with Gasteiger partial charge in [-0.15, -0.1) is 0 Å². The van der Waals surface area contributed by atoms with E-state index in [1.807, 2.05) is 0 Å². The molecule has 1 nitrogen and oxygen atoms in total. The number of anilines is 2. The van der Waals surface area contributed by atoms with Gasteiger partial charge in [-0.2, -0.15) is 0 Å². The minimum Gasteiger partial charge on any atom is -0.344 e. The molecule has 0 spiro atoms. The fraction of sp³-hybridized carbons (Fsp3) is 0.200. The van der Waals surface area contributed by atoms with Crippen LogP contribution in [0, 0.1) is 6.92 Å². The number of hydrogen-bond acceptors (Lipinski definition) is 1. The Kier molecular flexibility index (Phi) is 4.46. The fourth-order valence-electron chi connectivity index (χ4n) is 1.94. The van der Waals surface area contributed by atoms with Crippen molar-refractivity contribution in [1.82, 2.24) is 0 Å². The summed E-state index contributed by atoms with van der Waals surface area (Å²) in [6.07, 6.45) is 0. The van der Waals surface area contributed by atoms with Crippen molar-refractivity contribution in [2.45, 2.75) is 12.3 Å². The van der Waals surface area contributed by atoms with Crippen LogP contribution in [0.1, 0.15) is 11.1 Å². The quantitative estimate of drug-likeness (QED) is 0.653. The smallest absolute Gasteiger partial charge is 0.0460 e. The summed E-state index contributed by atoms with van der Waals surface area (Å²) >= 11 is 7.09. The minimum absolute atomic E-state index is 0.853. The molecule has 0 aliphatic rings. The van der Waals surface area contributed by atoms with Gasteiger partial charge >= 0.3 is 0 Å². The largest absolute Gasteiger partial charge is 0.344 e. The molecule has 0 amide bonds. The van der Waals surface area contributed by atoms with E-state index in [-0.39, 0.29) is 0 Å². The first-order chi connectivity index (χ1) is 8.61. The Morgan fingerprint density at radius 2 is 1.89 bits per heavy atom. The highest BCUT2D eigenvalue weighted by Gasteiger charge is 2.09. The lowest BCUT2D eigenvalue weighted by atomic mass is 10.1. The van der Waals surface area contributed by atoms with Crippen LogP contribution in [0.15, 0.2) is 46.9 Å². The lowest BCUT2D eigenvalue weighted by Crippen LogP contribution is -2.11. The number of aryl methyl sites for hydroxylation is 1. The van der Waals surface area contributed by atoms with E-state index in [1.165, 1.54) is 22.5 Å². The first kappa shape index (κ1) is 13.6. The third-order valence-corrected chi connectivity index (χ3v) is 4.04. The molecule has 3 heteroatoms. The number of hydrogen-bond donors (Lipinski definition) is 0. The van der Waals surface area contributed by atoms with Crippen LogP contribution >= 0.6 is 31.9 Å². The Labute approximate surface area is 125 Å². The first-order valence-electron chi connectivity index (χ1n) is 5.76. The average molecular weight is 369 g/mol. The van der Waals surface area contributed by atoms with E-state index in [0.717, 1.165) is 9.80 Å². The van der Waals surface area contributed by atoms with Gasteiger partial charge in [0.1, 0.15) is 0 Å². The summed E-state index contributed by atoms with van der Waals surface area (Å²) in [7, 11) is 2.10. The molecule has 2 aromatic carbocycles. The van der Waals surface area contributed by atoms with Gasteiger partial charge in [0.2, 0.25) is 0 Å². The number of halogens is 2. The third kappa shape index (κ3) is 2.96. The molecule has 2 rings (SSSR count). The van der Waals surface area contributed by atoms with Crippen molar-refractivity contribution in [2.24, 2.45) is 0 Å². The molecule has 0 heterocycles. The molecule has 0 radical (unpaired) electrons. The van der Waals surface area contributed by atoms with Gasteiger partial charge in [-0.05, 0) is 42.3 Å². The maximum absolute atomic E-state index is 3.55. The molecule has 0 unspecified atom stereocenters. The van der Waals surface area contributed by atoms with Gasteiger partial charge in [-0.3, -0.25) is 0 Å². The summed E-state index contributed by atoms with van der Waals surface area (Å²) < 4.78 is 1.10. The van der Waals surface area contributed by atoms with Gasteiger partial charge in [-0.25, -0.2) is 0 Å². The fourth-order valence-corrected chi connectivity index (χ4v) is 2.76. The molecular weight excluding hydrogens is 354 g/mol. The van der Waals surface area contributed by atoms with E-state index < -0.39 is 0 Å². The molecule has 0 bridgehead atoms. The number of rotatable bonds is 3. The summed E-state index contributed by atoms with van der Waals surface area (Å²) in [5.74, 6) is 0. The molecule has 0 aliphatic heterocycles. The molecule has 94 valence electrons. The van der Waals surface area contributed by atoms with Gasteiger partial charge in [-0.1, -0.05) is 50.1 Å². The van der Waals surface area contributed by atoms with Crippen molar-refractivity contribution in [3.8, 4) is 0 Å². The zero-order valence-corrected chi connectivity index (χ0v) is 13.6. The Hall–Kier alpha value is -0.800. The Balaban J connectivity index is 2.44. The van der Waals surface area contributed by atoms with Crippen LogP contribution in [0.2, 0.25) is 0 Å². The highest BCUT2D eigenvalue weighted by Crippen LogP contribution is 2.31. The minimum atomic E-state index is 0.853. The van der Waals surface area contributed by atoms with Crippen LogP contribution in [0.5, 0.6) is 0 Å². The molecule has 2 aromatic rings. The molecule has 0 aromatic heterocycles. The van der Waals surface area contributed by atoms with Gasteiger partial charge in [0, 0.05) is 28.2 Å². The first-order valence-corrected chi connectivity index (χ1v) is 7.68. The summed E-state index contributed by atoms with van der Waals surface area (Å²) in [6.45, 7) is 2.11. The van der Waals surface area contributed by atoms with Gasteiger partial charge in [0.25, 0.3) is 0 Å². The molecule has 0 atom stereocenters. The second kappa shape index (κ2) is 5.89. The van der Waals surface area contributed by atoms with Crippen LogP contribution in [0.3, 0.4) is 0 Å².